The van der Waals surface area contributed by atoms with Crippen LogP contribution in [-0.2, 0) is 0 Å². The molecule has 0 aliphatic heterocycles. The molecule has 5 heteroatoms. The van der Waals surface area contributed by atoms with Crippen molar-refractivity contribution in [1.82, 2.24) is 4.98 Å². The Morgan fingerprint density at radius 1 is 1.22 bits per heavy atom. The number of halogens is 2. The van der Waals surface area contributed by atoms with E-state index >= 15 is 0 Å². The lowest BCUT2D eigenvalue weighted by Gasteiger charge is -2.10. The molecule has 0 saturated carbocycles. The second-order valence-corrected chi connectivity index (χ2v) is 4.13. The Morgan fingerprint density at radius 2 is 2.00 bits per heavy atom. The van der Waals surface area contributed by atoms with Gasteiger partial charge >= 0.3 is 0 Å². The number of benzene rings is 1. The van der Waals surface area contributed by atoms with Crippen molar-refractivity contribution in [3.8, 4) is 17.4 Å². The van der Waals surface area contributed by atoms with Crippen LogP contribution >= 0.6 is 11.6 Å². The first kappa shape index (κ1) is 12.6. The zero-order valence-electron chi connectivity index (χ0n) is 9.91. The summed E-state index contributed by atoms with van der Waals surface area (Å²) in [5.74, 6) is 0.162. The topological polar surface area (TPSA) is 31.4 Å². The van der Waals surface area contributed by atoms with Crippen molar-refractivity contribution in [3.63, 3.8) is 0 Å². The number of hydrogen-bond acceptors (Lipinski definition) is 3. The lowest BCUT2D eigenvalue weighted by molar-refractivity contribution is 0.363. The van der Waals surface area contributed by atoms with Gasteiger partial charge in [0, 0.05) is 6.20 Å². The molecule has 0 atom stereocenters. The van der Waals surface area contributed by atoms with Crippen LogP contribution in [0.15, 0.2) is 30.5 Å². The zero-order valence-corrected chi connectivity index (χ0v) is 10.7. The average Bonchev–Trinajstić information content (AvgIpc) is 2.34. The van der Waals surface area contributed by atoms with Crippen LogP contribution < -0.4 is 9.47 Å². The van der Waals surface area contributed by atoms with Gasteiger partial charge in [0.15, 0.2) is 17.3 Å². The summed E-state index contributed by atoms with van der Waals surface area (Å²) in [4.78, 5) is 3.79. The van der Waals surface area contributed by atoms with E-state index in [1.807, 2.05) is 13.0 Å². The molecule has 3 nitrogen and oxygen atoms in total. The summed E-state index contributed by atoms with van der Waals surface area (Å²) in [6.45, 7) is 1.92. The quantitative estimate of drug-likeness (QED) is 0.843. The number of aromatic nitrogens is 1. The number of hydrogen-bond donors (Lipinski definition) is 0. The van der Waals surface area contributed by atoms with E-state index in [4.69, 9.17) is 21.1 Å². The van der Waals surface area contributed by atoms with Crippen LogP contribution in [0.3, 0.4) is 0 Å². The molecule has 0 spiro atoms. The highest BCUT2D eigenvalue weighted by Gasteiger charge is 2.11. The van der Waals surface area contributed by atoms with Gasteiger partial charge in [-0.15, -0.1) is 0 Å². The second kappa shape index (κ2) is 5.23. The van der Waals surface area contributed by atoms with Crippen molar-refractivity contribution >= 4 is 11.6 Å². The maximum absolute atomic E-state index is 13.5. The van der Waals surface area contributed by atoms with Crippen LogP contribution in [0.4, 0.5) is 4.39 Å². The minimum absolute atomic E-state index is 0.137. The normalized spacial score (nSPS) is 10.2. The first-order chi connectivity index (χ1) is 8.60. The summed E-state index contributed by atoms with van der Waals surface area (Å²) in [6.07, 6.45) is 1.32. The summed E-state index contributed by atoms with van der Waals surface area (Å²) >= 11 is 5.62. The highest BCUT2D eigenvalue weighted by atomic mass is 35.5. The fourth-order valence-electron chi connectivity index (χ4n) is 1.44. The Kier molecular flexibility index (Phi) is 3.67. The van der Waals surface area contributed by atoms with Gasteiger partial charge in [0.05, 0.1) is 12.1 Å². The van der Waals surface area contributed by atoms with Crippen LogP contribution in [0.1, 0.15) is 5.56 Å². The fraction of sp³-hybridized carbons (Fsp3) is 0.154. The number of aryl methyl sites for hydroxylation is 1. The lowest BCUT2D eigenvalue weighted by atomic mass is 10.2. The van der Waals surface area contributed by atoms with Gasteiger partial charge in [0.25, 0.3) is 5.88 Å². The summed E-state index contributed by atoms with van der Waals surface area (Å²) < 4.78 is 24.1. The van der Waals surface area contributed by atoms with Gasteiger partial charge in [-0.2, -0.15) is 0 Å². The van der Waals surface area contributed by atoms with Crippen molar-refractivity contribution < 1.29 is 13.9 Å². The maximum atomic E-state index is 13.5. The number of rotatable bonds is 3. The van der Waals surface area contributed by atoms with Gasteiger partial charge in [0.1, 0.15) is 0 Å². The van der Waals surface area contributed by atoms with E-state index in [1.54, 1.807) is 12.1 Å². The van der Waals surface area contributed by atoms with Crippen LogP contribution in [0.25, 0.3) is 0 Å². The molecule has 0 amide bonds. The monoisotopic (exact) mass is 267 g/mol. The average molecular weight is 268 g/mol. The molecule has 0 aliphatic carbocycles. The fourth-order valence-corrected chi connectivity index (χ4v) is 1.58. The van der Waals surface area contributed by atoms with E-state index in [1.165, 1.54) is 13.3 Å². The standard InChI is InChI=1S/C13H11ClFNO2/c1-8-3-4-11(12(5-8)17-2)18-13-10(15)6-9(14)7-16-13/h3-7H,1-2H3. The predicted molar refractivity (Wildman–Crippen MR) is 67.0 cm³/mol. The molecule has 2 rings (SSSR count). The molecule has 0 fully saturated rings. The molecule has 94 valence electrons. The third-order valence-corrected chi connectivity index (χ3v) is 2.51. The molecule has 0 bridgehead atoms. The first-order valence-electron chi connectivity index (χ1n) is 5.23. The van der Waals surface area contributed by atoms with Gasteiger partial charge in [-0.3, -0.25) is 0 Å². The number of methoxy groups -OCH3 is 1. The molecule has 1 aromatic carbocycles. The van der Waals surface area contributed by atoms with Crippen LogP contribution in [0.5, 0.6) is 17.4 Å². The van der Waals surface area contributed by atoms with Crippen molar-refractivity contribution in [2.45, 2.75) is 6.92 Å². The van der Waals surface area contributed by atoms with E-state index in [9.17, 15) is 4.39 Å². The van der Waals surface area contributed by atoms with Crippen molar-refractivity contribution in [3.05, 3.63) is 46.9 Å². The summed E-state index contributed by atoms with van der Waals surface area (Å²) in [5, 5.41) is 0.218. The van der Waals surface area contributed by atoms with E-state index < -0.39 is 5.82 Å². The molecular formula is C13H11ClFNO2. The minimum Gasteiger partial charge on any atom is -0.493 e. The first-order valence-corrected chi connectivity index (χ1v) is 5.61. The highest BCUT2D eigenvalue weighted by molar-refractivity contribution is 6.30. The molecule has 1 aromatic heterocycles. The minimum atomic E-state index is -0.620. The molecule has 0 saturated heterocycles. The molecule has 0 radical (unpaired) electrons. The van der Waals surface area contributed by atoms with E-state index in [2.05, 4.69) is 4.98 Å². The Balaban J connectivity index is 2.33. The van der Waals surface area contributed by atoms with Gasteiger partial charge < -0.3 is 9.47 Å². The Bertz CT molecular complexity index is 575. The van der Waals surface area contributed by atoms with Crippen LogP contribution in [0.2, 0.25) is 5.02 Å². The molecule has 0 N–H and O–H groups in total. The van der Waals surface area contributed by atoms with Crippen molar-refractivity contribution in [2.75, 3.05) is 7.11 Å². The second-order valence-electron chi connectivity index (χ2n) is 3.70. The predicted octanol–water partition coefficient (Wildman–Crippen LogP) is 3.98. The van der Waals surface area contributed by atoms with Crippen molar-refractivity contribution in [2.24, 2.45) is 0 Å². The van der Waals surface area contributed by atoms with Gasteiger partial charge in [-0.25, -0.2) is 9.37 Å². The van der Waals surface area contributed by atoms with Crippen molar-refractivity contribution in [1.29, 1.82) is 0 Å². The SMILES string of the molecule is COc1cc(C)ccc1Oc1ncc(Cl)cc1F. The van der Waals surface area contributed by atoms with Crippen LogP contribution in [-0.4, -0.2) is 12.1 Å². The third kappa shape index (κ3) is 2.71. The summed E-state index contributed by atoms with van der Waals surface area (Å²) in [7, 11) is 1.52. The summed E-state index contributed by atoms with van der Waals surface area (Å²) in [6, 6.07) is 6.48. The molecule has 2 aromatic rings. The van der Waals surface area contributed by atoms with E-state index in [0.717, 1.165) is 11.6 Å². The number of ether oxygens (including phenoxy) is 2. The molecule has 18 heavy (non-hydrogen) atoms. The largest absolute Gasteiger partial charge is 0.493 e. The third-order valence-electron chi connectivity index (χ3n) is 2.30. The lowest BCUT2D eigenvalue weighted by Crippen LogP contribution is -1.95. The number of nitrogens with zero attached hydrogens (tertiary/aromatic N) is 1. The Hall–Kier alpha value is -1.81. The molecule has 0 unspecified atom stereocenters. The zero-order chi connectivity index (χ0) is 13.1. The van der Waals surface area contributed by atoms with E-state index in [-0.39, 0.29) is 10.9 Å². The summed E-state index contributed by atoms with van der Waals surface area (Å²) in [5.41, 5.74) is 1.02. The van der Waals surface area contributed by atoms with Crippen LogP contribution in [0, 0.1) is 12.7 Å². The molecule has 0 aliphatic rings. The van der Waals surface area contributed by atoms with Gasteiger partial charge in [-0.1, -0.05) is 17.7 Å². The maximum Gasteiger partial charge on any atom is 0.256 e. The van der Waals surface area contributed by atoms with Gasteiger partial charge in [0.2, 0.25) is 0 Å². The van der Waals surface area contributed by atoms with E-state index in [0.29, 0.717) is 11.5 Å². The Labute approximate surface area is 109 Å². The highest BCUT2D eigenvalue weighted by Crippen LogP contribution is 2.32. The molecular weight excluding hydrogens is 257 g/mol. The number of pyridine rings is 1. The molecule has 1 heterocycles. The van der Waals surface area contributed by atoms with Gasteiger partial charge in [-0.05, 0) is 30.7 Å². The smallest absolute Gasteiger partial charge is 0.256 e. The Morgan fingerprint density at radius 3 is 2.67 bits per heavy atom.